The molecular formula is C9H12FN3. The molecule has 0 radical (unpaired) electrons. The fraction of sp³-hybridized carbons (Fsp3) is 0.444. The van der Waals surface area contributed by atoms with Crippen LogP contribution in [0.25, 0.3) is 0 Å². The van der Waals surface area contributed by atoms with Gasteiger partial charge in [-0.2, -0.15) is 0 Å². The van der Waals surface area contributed by atoms with Crippen molar-refractivity contribution in [2.75, 3.05) is 25.0 Å². The number of aromatic nitrogens is 1. The Morgan fingerprint density at radius 3 is 2.92 bits per heavy atom. The summed E-state index contributed by atoms with van der Waals surface area (Å²) in [5.74, 6) is 0.186. The molecule has 3 nitrogen and oxygen atoms in total. The zero-order valence-corrected chi connectivity index (χ0v) is 7.50. The molecular weight excluding hydrogens is 169 g/mol. The number of rotatable bonds is 2. The SMILES string of the molecule is CN(c1ncccc1F)C1CNC1. The Morgan fingerprint density at radius 2 is 2.38 bits per heavy atom. The average Bonchev–Trinajstić information content (AvgIpc) is 2.01. The Hall–Kier alpha value is -1.16. The lowest BCUT2D eigenvalue weighted by Gasteiger charge is -2.36. The fourth-order valence-electron chi connectivity index (χ4n) is 1.36. The molecule has 2 heterocycles. The van der Waals surface area contributed by atoms with Crippen LogP contribution in [0.4, 0.5) is 10.2 Å². The summed E-state index contributed by atoms with van der Waals surface area (Å²) in [7, 11) is 1.87. The number of nitrogens with zero attached hydrogens (tertiary/aromatic N) is 2. The van der Waals surface area contributed by atoms with Gasteiger partial charge in [0.05, 0.1) is 6.04 Å². The van der Waals surface area contributed by atoms with Gasteiger partial charge in [0, 0.05) is 26.3 Å². The van der Waals surface area contributed by atoms with Crippen LogP contribution in [-0.2, 0) is 0 Å². The lowest BCUT2D eigenvalue weighted by Crippen LogP contribution is -2.56. The summed E-state index contributed by atoms with van der Waals surface area (Å²) in [6, 6.07) is 3.42. The molecule has 0 atom stereocenters. The van der Waals surface area contributed by atoms with Crippen molar-refractivity contribution in [1.29, 1.82) is 0 Å². The summed E-state index contributed by atoms with van der Waals surface area (Å²) in [5.41, 5.74) is 0. The highest BCUT2D eigenvalue weighted by Crippen LogP contribution is 2.17. The molecule has 0 spiro atoms. The van der Waals surface area contributed by atoms with Crippen LogP contribution in [-0.4, -0.2) is 31.2 Å². The van der Waals surface area contributed by atoms with Gasteiger partial charge in [-0.3, -0.25) is 0 Å². The molecule has 4 heteroatoms. The van der Waals surface area contributed by atoms with Gasteiger partial charge >= 0.3 is 0 Å². The van der Waals surface area contributed by atoms with Gasteiger partial charge in [-0.05, 0) is 12.1 Å². The normalized spacial score (nSPS) is 16.8. The monoisotopic (exact) mass is 181 g/mol. The van der Waals surface area contributed by atoms with Crippen LogP contribution in [0.3, 0.4) is 0 Å². The van der Waals surface area contributed by atoms with E-state index in [1.807, 2.05) is 11.9 Å². The predicted octanol–water partition coefficient (Wildman–Crippen LogP) is 0.629. The van der Waals surface area contributed by atoms with Gasteiger partial charge in [0.15, 0.2) is 11.6 Å². The third-order valence-electron chi connectivity index (χ3n) is 2.38. The van der Waals surface area contributed by atoms with Crippen molar-refractivity contribution in [2.24, 2.45) is 0 Å². The molecule has 0 amide bonds. The van der Waals surface area contributed by atoms with Gasteiger partial charge in [0.25, 0.3) is 0 Å². The molecule has 2 rings (SSSR count). The molecule has 1 N–H and O–H groups in total. The van der Waals surface area contributed by atoms with Gasteiger partial charge in [0.1, 0.15) is 0 Å². The van der Waals surface area contributed by atoms with Gasteiger partial charge in [0.2, 0.25) is 0 Å². The van der Waals surface area contributed by atoms with Crippen molar-refractivity contribution in [3.8, 4) is 0 Å². The van der Waals surface area contributed by atoms with E-state index in [4.69, 9.17) is 0 Å². The van der Waals surface area contributed by atoms with Gasteiger partial charge in [-0.25, -0.2) is 9.37 Å². The first-order valence-corrected chi connectivity index (χ1v) is 4.33. The van der Waals surface area contributed by atoms with E-state index in [1.165, 1.54) is 6.07 Å². The van der Waals surface area contributed by atoms with Crippen LogP contribution >= 0.6 is 0 Å². The van der Waals surface area contributed by atoms with E-state index in [1.54, 1.807) is 12.3 Å². The Bertz CT molecular complexity index is 299. The molecule has 0 saturated carbocycles. The van der Waals surface area contributed by atoms with E-state index in [0.29, 0.717) is 11.9 Å². The molecule has 1 saturated heterocycles. The summed E-state index contributed by atoms with van der Waals surface area (Å²) in [4.78, 5) is 5.89. The number of anilines is 1. The van der Waals surface area contributed by atoms with Crippen LogP contribution in [0.5, 0.6) is 0 Å². The number of halogens is 1. The standard InChI is InChI=1S/C9H12FN3/c1-13(7-5-11-6-7)9-8(10)3-2-4-12-9/h2-4,7,11H,5-6H2,1H3. The van der Waals surface area contributed by atoms with Crippen molar-refractivity contribution in [2.45, 2.75) is 6.04 Å². The lowest BCUT2D eigenvalue weighted by molar-refractivity contribution is 0.422. The second-order valence-corrected chi connectivity index (χ2v) is 3.23. The Balaban J connectivity index is 2.18. The first-order valence-electron chi connectivity index (χ1n) is 4.33. The third kappa shape index (κ3) is 1.49. The largest absolute Gasteiger partial charge is 0.352 e. The molecule has 0 bridgehead atoms. The second kappa shape index (κ2) is 3.30. The molecule has 1 aliphatic heterocycles. The Labute approximate surface area is 76.6 Å². The maximum Gasteiger partial charge on any atom is 0.165 e. The van der Waals surface area contributed by atoms with Crippen LogP contribution < -0.4 is 10.2 Å². The third-order valence-corrected chi connectivity index (χ3v) is 2.38. The van der Waals surface area contributed by atoms with Crippen molar-refractivity contribution < 1.29 is 4.39 Å². The summed E-state index contributed by atoms with van der Waals surface area (Å²) >= 11 is 0. The predicted molar refractivity (Wildman–Crippen MR) is 49.3 cm³/mol. The Kier molecular flexibility index (Phi) is 2.14. The van der Waals surface area contributed by atoms with Crippen molar-refractivity contribution in [3.63, 3.8) is 0 Å². The number of likely N-dealkylation sites (N-methyl/N-ethyl adjacent to an activating group) is 1. The topological polar surface area (TPSA) is 28.2 Å². The molecule has 0 aromatic carbocycles. The zero-order chi connectivity index (χ0) is 9.26. The molecule has 1 aliphatic rings. The minimum atomic E-state index is -0.253. The number of nitrogens with one attached hydrogen (secondary N) is 1. The minimum absolute atomic E-state index is 0.253. The zero-order valence-electron chi connectivity index (χ0n) is 7.50. The summed E-state index contributed by atoms with van der Waals surface area (Å²) in [6.45, 7) is 1.82. The number of hydrogen-bond donors (Lipinski definition) is 1. The highest BCUT2D eigenvalue weighted by molar-refractivity contribution is 5.40. The van der Waals surface area contributed by atoms with Gasteiger partial charge in [-0.15, -0.1) is 0 Å². The van der Waals surface area contributed by atoms with Crippen molar-refractivity contribution in [1.82, 2.24) is 10.3 Å². The van der Waals surface area contributed by atoms with Crippen LogP contribution in [0.15, 0.2) is 18.3 Å². The average molecular weight is 181 g/mol. The quantitative estimate of drug-likeness (QED) is 0.725. The van der Waals surface area contributed by atoms with Crippen LogP contribution in [0, 0.1) is 5.82 Å². The van der Waals surface area contributed by atoms with E-state index < -0.39 is 0 Å². The minimum Gasteiger partial charge on any atom is -0.352 e. The highest BCUT2D eigenvalue weighted by Gasteiger charge is 2.23. The maximum atomic E-state index is 13.2. The number of hydrogen-bond acceptors (Lipinski definition) is 3. The molecule has 1 aromatic rings. The Morgan fingerprint density at radius 1 is 1.62 bits per heavy atom. The first-order chi connectivity index (χ1) is 6.29. The summed E-state index contributed by atoms with van der Waals surface area (Å²) in [6.07, 6.45) is 1.61. The van der Waals surface area contributed by atoms with E-state index >= 15 is 0 Å². The summed E-state index contributed by atoms with van der Waals surface area (Å²) < 4.78 is 13.2. The molecule has 13 heavy (non-hydrogen) atoms. The van der Waals surface area contributed by atoms with Gasteiger partial charge in [-0.1, -0.05) is 0 Å². The molecule has 1 aromatic heterocycles. The van der Waals surface area contributed by atoms with E-state index in [9.17, 15) is 4.39 Å². The molecule has 70 valence electrons. The van der Waals surface area contributed by atoms with Crippen LogP contribution in [0.2, 0.25) is 0 Å². The smallest absolute Gasteiger partial charge is 0.165 e. The van der Waals surface area contributed by atoms with E-state index in [-0.39, 0.29) is 5.82 Å². The van der Waals surface area contributed by atoms with Crippen LogP contribution in [0.1, 0.15) is 0 Å². The van der Waals surface area contributed by atoms with E-state index in [0.717, 1.165) is 13.1 Å². The maximum absolute atomic E-state index is 13.2. The second-order valence-electron chi connectivity index (χ2n) is 3.23. The molecule has 0 aliphatic carbocycles. The van der Waals surface area contributed by atoms with Crippen molar-refractivity contribution >= 4 is 5.82 Å². The van der Waals surface area contributed by atoms with E-state index in [2.05, 4.69) is 10.3 Å². The summed E-state index contributed by atoms with van der Waals surface area (Å²) in [5, 5.41) is 3.14. The fourth-order valence-corrected chi connectivity index (χ4v) is 1.36. The lowest BCUT2D eigenvalue weighted by atomic mass is 10.1. The van der Waals surface area contributed by atoms with Gasteiger partial charge < -0.3 is 10.2 Å². The highest BCUT2D eigenvalue weighted by atomic mass is 19.1. The molecule has 1 fully saturated rings. The first kappa shape index (κ1) is 8.44. The number of pyridine rings is 1. The molecule has 0 unspecified atom stereocenters. The van der Waals surface area contributed by atoms with Crippen molar-refractivity contribution in [3.05, 3.63) is 24.1 Å².